The van der Waals surface area contributed by atoms with Crippen molar-refractivity contribution in [3.05, 3.63) is 51.8 Å². The van der Waals surface area contributed by atoms with E-state index in [-0.39, 0.29) is 24.0 Å². The maximum Gasteiger partial charge on any atom is 0.227 e. The molecule has 0 aliphatic carbocycles. The lowest BCUT2D eigenvalue weighted by Crippen LogP contribution is -2.71. The molecule has 9 heteroatoms. The topological polar surface area (TPSA) is 53.8 Å². The molecule has 4 heterocycles. The van der Waals surface area contributed by atoms with Crippen LogP contribution >= 0.6 is 23.2 Å². The van der Waals surface area contributed by atoms with Gasteiger partial charge in [-0.2, -0.15) is 5.10 Å². The SMILES string of the molecule is Cn1ccc(CN2CCN(C(=O)Cc3ccc(Cl)c(Cl)c3)[C@@H]3C(N4CCCC4)COC[C@H]32)n1. The highest BCUT2D eigenvalue weighted by Crippen LogP contribution is 2.31. The Hall–Kier alpha value is -1.64. The molecule has 3 aliphatic rings. The van der Waals surface area contributed by atoms with Gasteiger partial charge in [0.25, 0.3) is 0 Å². The number of piperazine rings is 1. The van der Waals surface area contributed by atoms with Crippen LogP contribution in [0.1, 0.15) is 24.1 Å². The Morgan fingerprint density at radius 2 is 1.85 bits per heavy atom. The third-order valence-corrected chi connectivity index (χ3v) is 7.97. The summed E-state index contributed by atoms with van der Waals surface area (Å²) in [4.78, 5) is 20.7. The Kier molecular flexibility index (Phi) is 6.95. The molecule has 5 rings (SSSR count). The number of fused-ring (bicyclic) bond motifs is 1. The average Bonchev–Trinajstić information content (AvgIpc) is 3.48. The Morgan fingerprint density at radius 3 is 2.58 bits per heavy atom. The Labute approximate surface area is 205 Å². The van der Waals surface area contributed by atoms with Crippen LogP contribution in [-0.2, 0) is 29.5 Å². The van der Waals surface area contributed by atoms with E-state index in [1.54, 1.807) is 12.1 Å². The summed E-state index contributed by atoms with van der Waals surface area (Å²) in [6.45, 7) is 5.75. The first-order valence-electron chi connectivity index (χ1n) is 11.8. The van der Waals surface area contributed by atoms with Gasteiger partial charge in [0.05, 0.1) is 53.5 Å². The van der Waals surface area contributed by atoms with Crippen molar-refractivity contribution in [3.8, 4) is 0 Å². The molecule has 0 saturated carbocycles. The highest BCUT2D eigenvalue weighted by Gasteiger charge is 2.47. The molecule has 178 valence electrons. The lowest BCUT2D eigenvalue weighted by atomic mass is 9.90. The fourth-order valence-corrected chi connectivity index (χ4v) is 5.94. The third-order valence-electron chi connectivity index (χ3n) is 7.23. The van der Waals surface area contributed by atoms with E-state index in [1.807, 2.05) is 24.0 Å². The van der Waals surface area contributed by atoms with Crippen molar-refractivity contribution < 1.29 is 9.53 Å². The van der Waals surface area contributed by atoms with E-state index in [2.05, 4.69) is 25.9 Å². The normalized spacial score (nSPS) is 26.5. The van der Waals surface area contributed by atoms with E-state index in [0.717, 1.165) is 37.4 Å². The number of aryl methyl sites for hydroxylation is 1. The zero-order chi connectivity index (χ0) is 22.9. The van der Waals surface area contributed by atoms with Crippen molar-refractivity contribution >= 4 is 29.1 Å². The van der Waals surface area contributed by atoms with Gasteiger partial charge in [-0.3, -0.25) is 19.3 Å². The van der Waals surface area contributed by atoms with E-state index in [1.165, 1.54) is 12.8 Å². The minimum Gasteiger partial charge on any atom is -0.378 e. The van der Waals surface area contributed by atoms with Gasteiger partial charge in [0.15, 0.2) is 0 Å². The molecule has 0 radical (unpaired) electrons. The van der Waals surface area contributed by atoms with Crippen LogP contribution in [0.5, 0.6) is 0 Å². The van der Waals surface area contributed by atoms with E-state index in [4.69, 9.17) is 27.9 Å². The Morgan fingerprint density at radius 1 is 1.06 bits per heavy atom. The summed E-state index contributed by atoms with van der Waals surface area (Å²) in [6.07, 6.45) is 4.73. The van der Waals surface area contributed by atoms with E-state index < -0.39 is 0 Å². The quantitative estimate of drug-likeness (QED) is 0.643. The molecule has 33 heavy (non-hydrogen) atoms. The number of likely N-dealkylation sites (tertiary alicyclic amines) is 1. The molecular weight excluding hydrogens is 461 g/mol. The van der Waals surface area contributed by atoms with Gasteiger partial charge in [-0.15, -0.1) is 0 Å². The van der Waals surface area contributed by atoms with Gasteiger partial charge in [0.1, 0.15) is 0 Å². The number of amides is 1. The highest BCUT2D eigenvalue weighted by molar-refractivity contribution is 6.42. The maximum absolute atomic E-state index is 13.6. The second-order valence-corrected chi connectivity index (χ2v) is 10.2. The molecule has 0 N–H and O–H groups in total. The molecular formula is C24H31Cl2N5O2. The molecule has 1 aromatic heterocycles. The molecule has 7 nitrogen and oxygen atoms in total. The zero-order valence-corrected chi connectivity index (χ0v) is 20.5. The van der Waals surface area contributed by atoms with E-state index >= 15 is 0 Å². The van der Waals surface area contributed by atoms with Gasteiger partial charge in [0, 0.05) is 32.9 Å². The van der Waals surface area contributed by atoms with Crippen molar-refractivity contribution in [2.45, 2.75) is 43.9 Å². The third kappa shape index (κ3) is 4.93. The Balaban J connectivity index is 1.39. The summed E-state index contributed by atoms with van der Waals surface area (Å²) in [6, 6.07) is 8.00. The fraction of sp³-hybridized carbons (Fsp3) is 0.583. The second-order valence-electron chi connectivity index (χ2n) is 9.37. The first-order valence-corrected chi connectivity index (χ1v) is 12.5. The number of nitrogens with zero attached hydrogens (tertiary/aromatic N) is 5. The fourth-order valence-electron chi connectivity index (χ4n) is 5.61. The molecule has 3 atom stereocenters. The molecule has 0 spiro atoms. The minimum absolute atomic E-state index is 0.101. The molecule has 3 aliphatic heterocycles. The van der Waals surface area contributed by atoms with Crippen LogP contribution in [0.2, 0.25) is 10.0 Å². The van der Waals surface area contributed by atoms with Crippen molar-refractivity contribution in [2.24, 2.45) is 7.05 Å². The van der Waals surface area contributed by atoms with Gasteiger partial charge in [-0.25, -0.2) is 0 Å². The average molecular weight is 492 g/mol. The van der Waals surface area contributed by atoms with Crippen molar-refractivity contribution in [1.82, 2.24) is 24.5 Å². The molecule has 0 bridgehead atoms. The Bertz CT molecular complexity index is 993. The van der Waals surface area contributed by atoms with Gasteiger partial charge in [0.2, 0.25) is 5.91 Å². The number of benzene rings is 1. The van der Waals surface area contributed by atoms with Crippen molar-refractivity contribution in [1.29, 1.82) is 0 Å². The molecule has 2 aromatic rings. The lowest BCUT2D eigenvalue weighted by Gasteiger charge is -2.54. The standard InChI is InChI=1S/C24H31Cl2N5O2/c1-28-9-6-18(27-28)14-30-10-11-31(23(32)13-17-4-5-19(25)20(26)12-17)24-21(15-33-16-22(24)30)29-7-2-3-8-29/h4-6,9,12,21-22,24H,2-3,7-8,10-11,13-16H2,1H3/t21?,22-,24-/m1/s1. The van der Waals surface area contributed by atoms with Crippen LogP contribution in [0.3, 0.4) is 0 Å². The monoisotopic (exact) mass is 491 g/mol. The molecule has 1 aromatic carbocycles. The van der Waals surface area contributed by atoms with Crippen LogP contribution in [0, 0.1) is 0 Å². The number of carbonyl (C=O) groups excluding carboxylic acids is 1. The number of halogens is 2. The summed E-state index contributed by atoms with van der Waals surface area (Å²) >= 11 is 12.3. The van der Waals surface area contributed by atoms with Crippen molar-refractivity contribution in [3.63, 3.8) is 0 Å². The molecule has 1 unspecified atom stereocenters. The number of rotatable bonds is 5. The summed E-state index contributed by atoms with van der Waals surface area (Å²) < 4.78 is 7.97. The zero-order valence-electron chi connectivity index (χ0n) is 19.0. The van der Waals surface area contributed by atoms with Crippen LogP contribution in [0.15, 0.2) is 30.5 Å². The first kappa shape index (κ1) is 23.1. The van der Waals surface area contributed by atoms with Crippen LogP contribution in [0.4, 0.5) is 0 Å². The molecule has 3 fully saturated rings. The predicted molar refractivity (Wildman–Crippen MR) is 128 cm³/mol. The van der Waals surface area contributed by atoms with Crippen LogP contribution in [0.25, 0.3) is 0 Å². The number of ether oxygens (including phenoxy) is 1. The van der Waals surface area contributed by atoms with E-state index in [9.17, 15) is 4.79 Å². The number of carbonyl (C=O) groups is 1. The maximum atomic E-state index is 13.6. The van der Waals surface area contributed by atoms with Gasteiger partial charge >= 0.3 is 0 Å². The van der Waals surface area contributed by atoms with Gasteiger partial charge in [-0.05, 0) is 49.7 Å². The predicted octanol–water partition coefficient (Wildman–Crippen LogP) is 2.85. The molecule has 3 saturated heterocycles. The smallest absolute Gasteiger partial charge is 0.227 e. The first-order chi connectivity index (χ1) is 16.0. The summed E-state index contributed by atoms with van der Waals surface area (Å²) in [5, 5.41) is 5.58. The summed E-state index contributed by atoms with van der Waals surface area (Å²) in [5.74, 6) is 0.145. The number of hydrogen-bond acceptors (Lipinski definition) is 5. The summed E-state index contributed by atoms with van der Waals surface area (Å²) in [7, 11) is 1.94. The van der Waals surface area contributed by atoms with Crippen molar-refractivity contribution in [2.75, 3.05) is 39.4 Å². The number of hydrogen-bond donors (Lipinski definition) is 0. The summed E-state index contributed by atoms with van der Waals surface area (Å²) in [5.41, 5.74) is 1.95. The van der Waals surface area contributed by atoms with Gasteiger partial charge in [-0.1, -0.05) is 29.3 Å². The van der Waals surface area contributed by atoms with E-state index in [0.29, 0.717) is 36.2 Å². The highest BCUT2D eigenvalue weighted by atomic mass is 35.5. The molecule has 1 amide bonds. The van der Waals surface area contributed by atoms with Gasteiger partial charge < -0.3 is 9.64 Å². The largest absolute Gasteiger partial charge is 0.378 e. The number of aromatic nitrogens is 2. The van der Waals surface area contributed by atoms with Crippen LogP contribution < -0.4 is 0 Å². The second kappa shape index (κ2) is 9.92. The van der Waals surface area contributed by atoms with Crippen LogP contribution in [-0.4, -0.2) is 87.9 Å². The minimum atomic E-state index is 0.101. The lowest BCUT2D eigenvalue weighted by molar-refractivity contribution is -0.153.